The van der Waals surface area contributed by atoms with Gasteiger partial charge in [-0.1, -0.05) is 23.4 Å². The Labute approximate surface area is 219 Å². The van der Waals surface area contributed by atoms with Gasteiger partial charge < -0.3 is 19.1 Å². The lowest BCUT2D eigenvalue weighted by Crippen LogP contribution is -2.40. The summed E-state index contributed by atoms with van der Waals surface area (Å²) in [6, 6.07) is 10.9. The Morgan fingerprint density at radius 3 is 2.84 bits per heavy atom. The van der Waals surface area contributed by atoms with Crippen LogP contribution in [0.2, 0.25) is 0 Å². The molecule has 1 N–H and O–H groups in total. The zero-order chi connectivity index (χ0) is 28.6. The highest BCUT2D eigenvalue weighted by Gasteiger charge is 2.35. The molecule has 194 valence electrons. The normalized spacial score (nSPS) is 17.9. The maximum Gasteiger partial charge on any atom is 0.410 e. The number of aliphatic hydroxyl groups excluding tert-OH is 1. The maximum absolute atomic E-state index is 13.0. The Kier molecular flexibility index (Phi) is 6.74. The Hall–Kier alpha value is -3.90. The van der Waals surface area contributed by atoms with Crippen molar-refractivity contribution in [2.24, 2.45) is 0 Å². The molecule has 0 radical (unpaired) electrons. The molecule has 0 saturated heterocycles. The zero-order valence-electron chi connectivity index (χ0n) is 23.7. The lowest BCUT2D eigenvalue weighted by Gasteiger charge is -2.31. The van der Waals surface area contributed by atoms with Gasteiger partial charge in [-0.25, -0.2) is 4.79 Å². The maximum atomic E-state index is 13.0. The quantitative estimate of drug-likeness (QED) is 0.459. The second-order valence-corrected chi connectivity index (χ2v) is 9.89. The minimum atomic E-state index is -1.44. The average Bonchev–Trinajstić information content (AvgIpc) is 3.46. The van der Waals surface area contributed by atoms with E-state index in [-0.39, 0.29) is 30.4 Å². The standard InChI is InChI=1S/C28H32N4O5/c1-17(2)35-24-12-9-18(15-19(24)16-29)26-30-25(31-37-26)22-8-6-7-21-20(22)10-11-23(21)32(13-14-33)27(34)36-28(3,4)5/h6-9,12,15,17,23,33H,10-11,13-14H2,1-5H3/t23-/m0/s1/i17D,23D. The molecule has 1 atom stereocenters. The first-order valence-corrected chi connectivity index (χ1v) is 12.1. The van der Waals surface area contributed by atoms with Crippen LogP contribution in [0.25, 0.3) is 22.8 Å². The Balaban J connectivity index is 1.68. The summed E-state index contributed by atoms with van der Waals surface area (Å²) in [4.78, 5) is 18.8. The molecule has 0 aliphatic heterocycles. The summed E-state index contributed by atoms with van der Waals surface area (Å²) in [7, 11) is 0. The van der Waals surface area contributed by atoms with E-state index in [2.05, 4.69) is 16.2 Å². The summed E-state index contributed by atoms with van der Waals surface area (Å²) in [5.74, 6) is 0.788. The lowest BCUT2D eigenvalue weighted by molar-refractivity contribution is 0.0120. The molecule has 37 heavy (non-hydrogen) atoms. The molecule has 0 saturated carbocycles. The highest BCUT2D eigenvalue weighted by atomic mass is 16.6. The van der Waals surface area contributed by atoms with E-state index in [0.29, 0.717) is 35.4 Å². The number of hydrogen-bond acceptors (Lipinski definition) is 8. The molecule has 1 aliphatic rings. The Bertz CT molecular complexity index is 1420. The summed E-state index contributed by atoms with van der Waals surface area (Å²) >= 11 is 0. The number of hydrogen-bond donors (Lipinski definition) is 1. The third-order valence-corrected chi connectivity index (χ3v) is 5.69. The number of aliphatic hydroxyl groups is 1. The molecular formula is C28H32N4O5. The molecule has 1 heterocycles. The fraction of sp³-hybridized carbons (Fsp3) is 0.429. The molecule has 3 aromatic rings. The van der Waals surface area contributed by atoms with Gasteiger partial charge in [-0.2, -0.15) is 10.2 Å². The molecule has 0 bridgehead atoms. The number of nitrogens with zero attached hydrogens (tertiary/aromatic N) is 4. The van der Waals surface area contributed by atoms with Crippen molar-refractivity contribution < 1.29 is 26.6 Å². The second kappa shape index (κ2) is 10.6. The number of amides is 1. The molecular weight excluding hydrogens is 472 g/mol. The summed E-state index contributed by atoms with van der Waals surface area (Å²) in [6.07, 6.45) is -1.08. The van der Waals surface area contributed by atoms with E-state index in [9.17, 15) is 16.5 Å². The van der Waals surface area contributed by atoms with Gasteiger partial charge in [0.1, 0.15) is 17.4 Å². The number of nitriles is 1. The second-order valence-electron chi connectivity index (χ2n) is 9.89. The summed E-state index contributed by atoms with van der Waals surface area (Å²) < 4.78 is 33.8. The molecule has 1 amide bonds. The largest absolute Gasteiger partial charge is 0.490 e. The van der Waals surface area contributed by atoms with Crippen LogP contribution < -0.4 is 4.74 Å². The smallest absolute Gasteiger partial charge is 0.410 e. The van der Waals surface area contributed by atoms with E-state index in [4.69, 9.17) is 15.4 Å². The molecule has 9 heteroatoms. The first-order chi connectivity index (χ1) is 18.3. The number of aromatic nitrogens is 2. The van der Waals surface area contributed by atoms with E-state index in [1.807, 2.05) is 6.07 Å². The first kappa shape index (κ1) is 23.5. The average molecular weight is 507 g/mol. The van der Waals surface area contributed by atoms with Crippen molar-refractivity contribution in [3.05, 3.63) is 53.1 Å². The van der Waals surface area contributed by atoms with E-state index in [1.54, 1.807) is 65.0 Å². The summed E-state index contributed by atoms with van der Waals surface area (Å²) in [5.41, 5.74) is 2.09. The van der Waals surface area contributed by atoms with Crippen LogP contribution in [0.3, 0.4) is 0 Å². The van der Waals surface area contributed by atoms with Crippen LogP contribution in [-0.4, -0.2) is 51.1 Å². The molecule has 1 aromatic heterocycles. The predicted molar refractivity (Wildman–Crippen MR) is 137 cm³/mol. The predicted octanol–water partition coefficient (Wildman–Crippen LogP) is 5.28. The Morgan fingerprint density at radius 1 is 1.38 bits per heavy atom. The van der Waals surface area contributed by atoms with Crippen LogP contribution >= 0.6 is 0 Å². The van der Waals surface area contributed by atoms with Gasteiger partial charge in [-0.15, -0.1) is 0 Å². The molecule has 0 spiro atoms. The van der Waals surface area contributed by atoms with Crippen molar-refractivity contribution >= 4 is 6.09 Å². The number of carbonyl (C=O) groups excluding carboxylic acids is 1. The van der Waals surface area contributed by atoms with Gasteiger partial charge in [-0.05, 0) is 76.8 Å². The highest BCUT2D eigenvalue weighted by molar-refractivity contribution is 5.71. The number of rotatable bonds is 7. The Morgan fingerprint density at radius 2 is 2.16 bits per heavy atom. The zero-order valence-corrected chi connectivity index (χ0v) is 21.7. The monoisotopic (exact) mass is 506 g/mol. The number of fused-ring (bicyclic) bond motifs is 1. The molecule has 0 unspecified atom stereocenters. The number of ether oxygens (including phenoxy) is 2. The van der Waals surface area contributed by atoms with Gasteiger partial charge in [0.15, 0.2) is 0 Å². The van der Waals surface area contributed by atoms with Gasteiger partial charge in [0.2, 0.25) is 5.82 Å². The van der Waals surface area contributed by atoms with Gasteiger partial charge in [0.25, 0.3) is 5.89 Å². The SMILES string of the molecule is [2H]C(C)(C)Oc1ccc(-c2nc(-c3cccc4c3CC[C@]4([2H])N(CCO)C(=O)OC(C)(C)C)no2)cc1C#N. The van der Waals surface area contributed by atoms with Crippen molar-refractivity contribution in [1.29, 1.82) is 5.26 Å². The van der Waals surface area contributed by atoms with Crippen LogP contribution in [0, 0.1) is 11.3 Å². The molecule has 2 aromatic carbocycles. The minimum Gasteiger partial charge on any atom is -0.490 e. The third kappa shape index (κ3) is 5.75. The van der Waals surface area contributed by atoms with E-state index < -0.39 is 23.8 Å². The van der Waals surface area contributed by atoms with Gasteiger partial charge in [0.05, 0.1) is 27.0 Å². The van der Waals surface area contributed by atoms with Crippen molar-refractivity contribution in [1.82, 2.24) is 15.0 Å². The van der Waals surface area contributed by atoms with Crippen LogP contribution in [0.15, 0.2) is 40.9 Å². The minimum absolute atomic E-state index is 0.0488. The van der Waals surface area contributed by atoms with Crippen molar-refractivity contribution in [3.63, 3.8) is 0 Å². The van der Waals surface area contributed by atoms with Gasteiger partial charge >= 0.3 is 6.09 Å². The first-order valence-electron chi connectivity index (χ1n) is 13.1. The van der Waals surface area contributed by atoms with Crippen LogP contribution in [0.1, 0.15) is 66.5 Å². The van der Waals surface area contributed by atoms with Crippen LogP contribution in [0.4, 0.5) is 4.79 Å². The van der Waals surface area contributed by atoms with E-state index in [0.717, 1.165) is 5.56 Å². The van der Waals surface area contributed by atoms with Crippen molar-refractivity contribution in [2.45, 2.75) is 65.2 Å². The van der Waals surface area contributed by atoms with Crippen LogP contribution in [0.5, 0.6) is 5.75 Å². The molecule has 9 nitrogen and oxygen atoms in total. The van der Waals surface area contributed by atoms with Crippen molar-refractivity contribution in [2.75, 3.05) is 13.2 Å². The lowest BCUT2D eigenvalue weighted by atomic mass is 10.0. The van der Waals surface area contributed by atoms with Crippen molar-refractivity contribution in [3.8, 4) is 34.7 Å². The van der Waals surface area contributed by atoms with E-state index >= 15 is 0 Å². The molecule has 1 aliphatic carbocycles. The van der Waals surface area contributed by atoms with Crippen LogP contribution in [-0.2, 0) is 11.2 Å². The van der Waals surface area contributed by atoms with Gasteiger partial charge in [-0.3, -0.25) is 4.90 Å². The highest BCUT2D eigenvalue weighted by Crippen LogP contribution is 2.41. The molecule has 4 rings (SSSR count). The summed E-state index contributed by atoms with van der Waals surface area (Å²) in [6.45, 7) is 8.06. The fourth-order valence-corrected chi connectivity index (χ4v) is 4.26. The fourth-order valence-electron chi connectivity index (χ4n) is 4.26. The number of carbonyl (C=O) groups is 1. The number of benzene rings is 2. The molecule has 0 fully saturated rings. The van der Waals surface area contributed by atoms with E-state index in [1.165, 1.54) is 4.90 Å². The third-order valence-electron chi connectivity index (χ3n) is 5.69. The topological polar surface area (TPSA) is 122 Å². The van der Waals surface area contributed by atoms with Gasteiger partial charge in [0, 0.05) is 17.7 Å². The summed E-state index contributed by atoms with van der Waals surface area (Å²) in [5, 5.41) is 23.4.